The van der Waals surface area contributed by atoms with Crippen LogP contribution < -0.4 is 11.1 Å². The zero-order valence-electron chi connectivity index (χ0n) is 8.85. The maximum Gasteiger partial charge on any atom is 0.224 e. The highest BCUT2D eigenvalue weighted by atomic mass is 16.3. The maximum absolute atomic E-state index is 11.5. The zero-order valence-corrected chi connectivity index (χ0v) is 8.85. The summed E-state index contributed by atoms with van der Waals surface area (Å²) in [6, 6.07) is 0.271. The van der Waals surface area contributed by atoms with E-state index in [0.717, 1.165) is 25.9 Å². The van der Waals surface area contributed by atoms with E-state index in [4.69, 9.17) is 5.73 Å². The lowest BCUT2D eigenvalue weighted by Crippen LogP contribution is -2.49. The van der Waals surface area contributed by atoms with Gasteiger partial charge in [0.2, 0.25) is 5.91 Å². The average molecular weight is 213 g/mol. The lowest BCUT2D eigenvalue weighted by atomic mass is 9.91. The van der Waals surface area contributed by atoms with Gasteiger partial charge in [-0.3, -0.25) is 9.69 Å². The van der Waals surface area contributed by atoms with E-state index in [1.807, 2.05) is 0 Å². The Morgan fingerprint density at radius 1 is 1.67 bits per heavy atom. The number of likely N-dealkylation sites (tertiary alicyclic amines) is 1. The summed E-state index contributed by atoms with van der Waals surface area (Å²) in [6.07, 6.45) is 1.54. The van der Waals surface area contributed by atoms with E-state index in [1.54, 1.807) is 0 Å². The van der Waals surface area contributed by atoms with Crippen molar-refractivity contribution in [1.82, 2.24) is 10.2 Å². The highest BCUT2D eigenvalue weighted by molar-refractivity contribution is 5.82. The minimum atomic E-state index is -0.473. The summed E-state index contributed by atoms with van der Waals surface area (Å²) in [5.74, 6) is 0.302. The molecule has 0 aromatic rings. The molecule has 86 valence electrons. The third-order valence-corrected chi connectivity index (χ3v) is 3.43. The van der Waals surface area contributed by atoms with Gasteiger partial charge in [0.25, 0.3) is 0 Å². The van der Waals surface area contributed by atoms with Gasteiger partial charge in [-0.1, -0.05) is 0 Å². The molecule has 3 atom stereocenters. The molecule has 2 aliphatic heterocycles. The number of nitrogens with two attached hydrogens (primary N) is 1. The Bertz CT molecular complexity index is 247. The first-order valence-electron chi connectivity index (χ1n) is 5.62. The van der Waals surface area contributed by atoms with Crippen LogP contribution in [0.5, 0.6) is 0 Å². The highest BCUT2D eigenvalue weighted by Gasteiger charge is 2.40. The number of amides is 1. The Kier molecular flexibility index (Phi) is 3.23. The second-order valence-corrected chi connectivity index (χ2v) is 4.45. The van der Waals surface area contributed by atoms with Gasteiger partial charge >= 0.3 is 0 Å². The molecule has 0 saturated carbocycles. The van der Waals surface area contributed by atoms with Gasteiger partial charge in [-0.2, -0.15) is 0 Å². The van der Waals surface area contributed by atoms with Crippen LogP contribution in [0.25, 0.3) is 0 Å². The van der Waals surface area contributed by atoms with Crippen LogP contribution in [-0.4, -0.2) is 54.2 Å². The van der Waals surface area contributed by atoms with Crippen molar-refractivity contribution in [1.29, 1.82) is 0 Å². The van der Waals surface area contributed by atoms with E-state index < -0.39 is 6.10 Å². The summed E-state index contributed by atoms with van der Waals surface area (Å²) in [5, 5.41) is 12.4. The molecular weight excluding hydrogens is 194 g/mol. The van der Waals surface area contributed by atoms with Crippen LogP contribution in [0.2, 0.25) is 0 Å². The van der Waals surface area contributed by atoms with Crippen molar-refractivity contribution in [2.24, 2.45) is 11.7 Å². The smallest absolute Gasteiger partial charge is 0.224 e. The normalized spacial score (nSPS) is 33.6. The number of carbonyl (C=O) groups excluding carboxylic acids is 1. The molecule has 5 heteroatoms. The molecule has 2 saturated heterocycles. The monoisotopic (exact) mass is 213 g/mol. The molecule has 5 nitrogen and oxygen atoms in total. The standard InChI is InChI=1S/C10H19N3O2/c11-4-7(14)6-13-3-1-2-8-9(13)5-12-10(8)15/h7-9,14H,1-6,11H2,(H,12,15). The first kappa shape index (κ1) is 10.9. The van der Waals surface area contributed by atoms with Crippen LogP contribution >= 0.6 is 0 Å². The van der Waals surface area contributed by atoms with Crippen molar-refractivity contribution in [2.75, 3.05) is 26.2 Å². The molecule has 2 rings (SSSR count). The Morgan fingerprint density at radius 3 is 3.20 bits per heavy atom. The fourth-order valence-corrected chi connectivity index (χ4v) is 2.61. The Balaban J connectivity index is 1.97. The summed E-state index contributed by atoms with van der Waals surface area (Å²) < 4.78 is 0. The highest BCUT2D eigenvalue weighted by Crippen LogP contribution is 2.27. The molecule has 0 aliphatic carbocycles. The fourth-order valence-electron chi connectivity index (χ4n) is 2.61. The molecular formula is C10H19N3O2. The fraction of sp³-hybridized carbons (Fsp3) is 0.900. The lowest BCUT2D eigenvalue weighted by molar-refractivity contribution is -0.124. The van der Waals surface area contributed by atoms with Gasteiger partial charge in [-0.15, -0.1) is 0 Å². The summed E-state index contributed by atoms with van der Waals surface area (Å²) >= 11 is 0. The van der Waals surface area contributed by atoms with Crippen LogP contribution in [0.1, 0.15) is 12.8 Å². The minimum Gasteiger partial charge on any atom is -0.390 e. The van der Waals surface area contributed by atoms with Crippen LogP contribution in [0.3, 0.4) is 0 Å². The van der Waals surface area contributed by atoms with E-state index in [0.29, 0.717) is 6.54 Å². The topological polar surface area (TPSA) is 78.6 Å². The van der Waals surface area contributed by atoms with Crippen molar-refractivity contribution >= 4 is 5.91 Å². The van der Waals surface area contributed by atoms with Gasteiger partial charge in [0.05, 0.1) is 12.0 Å². The third-order valence-electron chi connectivity index (χ3n) is 3.43. The summed E-state index contributed by atoms with van der Waals surface area (Å²) in [6.45, 7) is 2.57. The van der Waals surface area contributed by atoms with Gasteiger partial charge in [0, 0.05) is 25.7 Å². The molecule has 0 radical (unpaired) electrons. The molecule has 0 aromatic heterocycles. The number of hydrogen-bond donors (Lipinski definition) is 3. The Hall–Kier alpha value is -0.650. The molecule has 1 amide bonds. The van der Waals surface area contributed by atoms with Gasteiger partial charge < -0.3 is 16.2 Å². The second-order valence-electron chi connectivity index (χ2n) is 4.45. The van der Waals surface area contributed by atoms with E-state index in [2.05, 4.69) is 10.2 Å². The Morgan fingerprint density at radius 2 is 2.47 bits per heavy atom. The number of aliphatic hydroxyl groups is 1. The predicted molar refractivity (Wildman–Crippen MR) is 56.2 cm³/mol. The number of hydrogen-bond acceptors (Lipinski definition) is 4. The third kappa shape index (κ3) is 2.14. The number of aliphatic hydroxyl groups excluding tert-OH is 1. The lowest BCUT2D eigenvalue weighted by Gasteiger charge is -2.36. The number of fused-ring (bicyclic) bond motifs is 1. The summed E-state index contributed by atoms with van der Waals surface area (Å²) in [4.78, 5) is 13.7. The number of nitrogens with zero attached hydrogens (tertiary/aromatic N) is 1. The van der Waals surface area contributed by atoms with Gasteiger partial charge in [0.1, 0.15) is 0 Å². The van der Waals surface area contributed by atoms with E-state index in [9.17, 15) is 9.90 Å². The van der Waals surface area contributed by atoms with Crippen molar-refractivity contribution < 1.29 is 9.90 Å². The molecule has 0 bridgehead atoms. The molecule has 2 aliphatic rings. The van der Waals surface area contributed by atoms with Gasteiger partial charge in [0.15, 0.2) is 0 Å². The minimum absolute atomic E-state index is 0.128. The molecule has 0 aromatic carbocycles. The molecule has 2 heterocycles. The molecule has 15 heavy (non-hydrogen) atoms. The number of carbonyl (C=O) groups is 1. The van der Waals surface area contributed by atoms with Gasteiger partial charge in [-0.05, 0) is 19.4 Å². The van der Waals surface area contributed by atoms with Crippen molar-refractivity contribution in [3.63, 3.8) is 0 Å². The molecule has 4 N–H and O–H groups in total. The van der Waals surface area contributed by atoms with E-state index in [1.165, 1.54) is 0 Å². The largest absolute Gasteiger partial charge is 0.390 e. The van der Waals surface area contributed by atoms with Crippen molar-refractivity contribution in [2.45, 2.75) is 25.0 Å². The van der Waals surface area contributed by atoms with Crippen molar-refractivity contribution in [3.05, 3.63) is 0 Å². The van der Waals surface area contributed by atoms with E-state index in [-0.39, 0.29) is 24.4 Å². The second kappa shape index (κ2) is 4.47. The average Bonchev–Trinajstić information content (AvgIpc) is 2.62. The molecule has 0 spiro atoms. The number of rotatable bonds is 3. The summed E-state index contributed by atoms with van der Waals surface area (Å²) in [5.41, 5.74) is 5.39. The van der Waals surface area contributed by atoms with Crippen molar-refractivity contribution in [3.8, 4) is 0 Å². The zero-order chi connectivity index (χ0) is 10.8. The number of β-amino-alcohol motifs (C(OH)–C–C–N with tert-alkyl or cyclic N) is 1. The van der Waals surface area contributed by atoms with Gasteiger partial charge in [-0.25, -0.2) is 0 Å². The Labute approximate surface area is 89.6 Å². The molecule has 2 fully saturated rings. The van der Waals surface area contributed by atoms with Crippen LogP contribution in [0, 0.1) is 5.92 Å². The SMILES string of the molecule is NCC(O)CN1CCCC2C(=O)NCC21. The van der Waals surface area contributed by atoms with E-state index >= 15 is 0 Å². The predicted octanol–water partition coefficient (Wildman–Crippen LogP) is -1.48. The first-order chi connectivity index (χ1) is 7.22. The van der Waals surface area contributed by atoms with Crippen LogP contribution in [0.15, 0.2) is 0 Å². The van der Waals surface area contributed by atoms with Crippen LogP contribution in [-0.2, 0) is 4.79 Å². The quantitative estimate of drug-likeness (QED) is 0.534. The molecule has 3 unspecified atom stereocenters. The van der Waals surface area contributed by atoms with Crippen LogP contribution in [0.4, 0.5) is 0 Å². The first-order valence-corrected chi connectivity index (χ1v) is 5.62. The summed E-state index contributed by atoms with van der Waals surface area (Å²) in [7, 11) is 0. The number of piperidine rings is 1. The maximum atomic E-state index is 11.5. The number of nitrogens with one attached hydrogen (secondary N) is 1.